The van der Waals surface area contributed by atoms with Crippen LogP contribution in [0.1, 0.15) is 32.6 Å². The van der Waals surface area contributed by atoms with Gasteiger partial charge in [-0.05, 0) is 25.7 Å². The number of hydrogen-bond donors (Lipinski definition) is 2. The van der Waals surface area contributed by atoms with Crippen LogP contribution in [0.15, 0.2) is 37.0 Å². The van der Waals surface area contributed by atoms with Gasteiger partial charge in [-0.15, -0.1) is 6.58 Å². The first-order valence-electron chi connectivity index (χ1n) is 5.49. The molecule has 0 bridgehead atoms. The lowest BCUT2D eigenvalue weighted by molar-refractivity contribution is 0.0238. The van der Waals surface area contributed by atoms with Gasteiger partial charge < -0.3 is 10.2 Å². The van der Waals surface area contributed by atoms with E-state index in [1.54, 1.807) is 6.08 Å². The van der Waals surface area contributed by atoms with Crippen LogP contribution in [-0.4, -0.2) is 22.4 Å². The van der Waals surface area contributed by atoms with E-state index >= 15 is 0 Å². The minimum absolute atomic E-state index is 0.495. The molecule has 0 saturated carbocycles. The zero-order valence-electron chi connectivity index (χ0n) is 9.47. The fourth-order valence-electron chi connectivity index (χ4n) is 1.14. The van der Waals surface area contributed by atoms with Crippen molar-refractivity contribution in [2.45, 2.75) is 44.8 Å². The molecule has 0 aliphatic rings. The second-order valence-electron chi connectivity index (χ2n) is 3.48. The maximum Gasteiger partial charge on any atom is 0.0836 e. The van der Waals surface area contributed by atoms with Gasteiger partial charge in [-0.25, -0.2) is 0 Å². The van der Waals surface area contributed by atoms with Crippen LogP contribution in [-0.2, 0) is 0 Å². The van der Waals surface area contributed by atoms with E-state index in [4.69, 9.17) is 0 Å². The van der Waals surface area contributed by atoms with Crippen molar-refractivity contribution in [3.8, 4) is 0 Å². The molecule has 86 valence electrons. The Bertz CT molecular complexity index is 207. The highest BCUT2D eigenvalue weighted by molar-refractivity contribution is 4.92. The molecule has 0 rings (SSSR count). The van der Waals surface area contributed by atoms with Gasteiger partial charge in [0.05, 0.1) is 12.2 Å². The van der Waals surface area contributed by atoms with Gasteiger partial charge in [0.15, 0.2) is 0 Å². The quantitative estimate of drug-likeness (QED) is 0.604. The van der Waals surface area contributed by atoms with Crippen molar-refractivity contribution < 1.29 is 10.2 Å². The van der Waals surface area contributed by atoms with Gasteiger partial charge in [0.25, 0.3) is 0 Å². The Kier molecular flexibility index (Phi) is 9.13. The monoisotopic (exact) mass is 210 g/mol. The van der Waals surface area contributed by atoms with E-state index in [9.17, 15) is 10.2 Å². The summed E-state index contributed by atoms with van der Waals surface area (Å²) in [6.07, 6.45) is 10.9. The molecule has 2 unspecified atom stereocenters. The van der Waals surface area contributed by atoms with Crippen LogP contribution in [0.25, 0.3) is 0 Å². The predicted octanol–water partition coefficient (Wildman–Crippen LogP) is 2.59. The average Bonchev–Trinajstić information content (AvgIpc) is 2.24. The van der Waals surface area contributed by atoms with Gasteiger partial charge >= 0.3 is 0 Å². The van der Waals surface area contributed by atoms with Crippen molar-refractivity contribution in [3.05, 3.63) is 37.0 Å². The first kappa shape index (κ1) is 14.1. The van der Waals surface area contributed by atoms with E-state index in [0.29, 0.717) is 12.8 Å². The molecule has 0 fully saturated rings. The van der Waals surface area contributed by atoms with E-state index in [0.717, 1.165) is 12.8 Å². The lowest BCUT2D eigenvalue weighted by Gasteiger charge is -2.14. The maximum atomic E-state index is 9.56. The van der Waals surface area contributed by atoms with Gasteiger partial charge in [0, 0.05) is 0 Å². The lowest BCUT2D eigenvalue weighted by Crippen LogP contribution is -2.24. The lowest BCUT2D eigenvalue weighted by atomic mass is 10.1. The van der Waals surface area contributed by atoms with Gasteiger partial charge in [-0.1, -0.05) is 37.3 Å². The summed E-state index contributed by atoms with van der Waals surface area (Å²) in [5.41, 5.74) is 0. The Morgan fingerprint density at radius 2 is 1.53 bits per heavy atom. The summed E-state index contributed by atoms with van der Waals surface area (Å²) in [6, 6.07) is 0. The van der Waals surface area contributed by atoms with E-state index in [1.807, 2.05) is 31.2 Å². The highest BCUT2D eigenvalue weighted by atomic mass is 16.3. The summed E-state index contributed by atoms with van der Waals surface area (Å²) in [6.45, 7) is 5.63. The Balaban J connectivity index is 3.72. The van der Waals surface area contributed by atoms with Crippen LogP contribution in [0.3, 0.4) is 0 Å². The van der Waals surface area contributed by atoms with Gasteiger partial charge in [-0.3, -0.25) is 0 Å². The zero-order valence-corrected chi connectivity index (χ0v) is 9.47. The third-order valence-corrected chi connectivity index (χ3v) is 2.07. The van der Waals surface area contributed by atoms with Crippen molar-refractivity contribution in [2.75, 3.05) is 0 Å². The van der Waals surface area contributed by atoms with Crippen LogP contribution in [0.4, 0.5) is 0 Å². The standard InChI is InChI=1S/C13H22O2/c1-3-5-7-9-11-13(15)12(14)10-8-6-4-2/h3,6-9,12-15H,1,4-5,10-11H2,2H3. The average molecular weight is 210 g/mol. The van der Waals surface area contributed by atoms with E-state index < -0.39 is 12.2 Å². The first-order chi connectivity index (χ1) is 7.22. The minimum Gasteiger partial charge on any atom is -0.390 e. The number of allylic oxidation sites excluding steroid dienone is 3. The first-order valence-corrected chi connectivity index (χ1v) is 5.49. The molecule has 0 aliphatic carbocycles. The van der Waals surface area contributed by atoms with Gasteiger partial charge in [0.2, 0.25) is 0 Å². The van der Waals surface area contributed by atoms with E-state index in [1.165, 1.54) is 0 Å². The van der Waals surface area contributed by atoms with Crippen molar-refractivity contribution in [2.24, 2.45) is 0 Å². The summed E-state index contributed by atoms with van der Waals surface area (Å²) in [7, 11) is 0. The molecule has 0 aromatic carbocycles. The summed E-state index contributed by atoms with van der Waals surface area (Å²) in [5.74, 6) is 0. The van der Waals surface area contributed by atoms with Crippen molar-refractivity contribution in [3.63, 3.8) is 0 Å². The molecule has 0 radical (unpaired) electrons. The number of hydrogen-bond acceptors (Lipinski definition) is 2. The number of rotatable bonds is 8. The Hall–Kier alpha value is -0.860. The SMILES string of the molecule is C=CCC=CCC(O)C(O)CC=CCC. The summed E-state index contributed by atoms with van der Waals surface area (Å²) < 4.78 is 0. The van der Waals surface area contributed by atoms with Crippen molar-refractivity contribution >= 4 is 0 Å². The topological polar surface area (TPSA) is 40.5 Å². The number of aliphatic hydroxyl groups excluding tert-OH is 2. The highest BCUT2D eigenvalue weighted by Crippen LogP contribution is 2.05. The molecule has 0 aliphatic heterocycles. The smallest absolute Gasteiger partial charge is 0.0836 e. The summed E-state index contributed by atoms with van der Waals surface area (Å²) >= 11 is 0. The number of aliphatic hydroxyl groups is 2. The molecule has 0 heterocycles. The Morgan fingerprint density at radius 3 is 2.00 bits per heavy atom. The van der Waals surface area contributed by atoms with Crippen LogP contribution in [0.5, 0.6) is 0 Å². The molecule has 0 saturated heterocycles. The van der Waals surface area contributed by atoms with Crippen LogP contribution >= 0.6 is 0 Å². The molecule has 0 amide bonds. The van der Waals surface area contributed by atoms with E-state index in [-0.39, 0.29) is 0 Å². The van der Waals surface area contributed by atoms with Gasteiger partial charge in [0.1, 0.15) is 0 Å². The second kappa shape index (κ2) is 9.69. The summed E-state index contributed by atoms with van der Waals surface area (Å²) in [5, 5.41) is 19.1. The van der Waals surface area contributed by atoms with Crippen LogP contribution in [0.2, 0.25) is 0 Å². The van der Waals surface area contributed by atoms with E-state index in [2.05, 4.69) is 6.58 Å². The molecule has 0 aromatic heterocycles. The van der Waals surface area contributed by atoms with Crippen LogP contribution in [0, 0.1) is 0 Å². The zero-order chi connectivity index (χ0) is 11.5. The molecule has 2 heteroatoms. The molecule has 2 N–H and O–H groups in total. The normalized spacial score (nSPS) is 15.9. The van der Waals surface area contributed by atoms with Gasteiger partial charge in [-0.2, -0.15) is 0 Å². The molecule has 0 aromatic rings. The molecular weight excluding hydrogens is 188 g/mol. The molecule has 2 nitrogen and oxygen atoms in total. The molecular formula is C13H22O2. The third-order valence-electron chi connectivity index (χ3n) is 2.07. The molecule has 15 heavy (non-hydrogen) atoms. The largest absolute Gasteiger partial charge is 0.390 e. The maximum absolute atomic E-state index is 9.56. The summed E-state index contributed by atoms with van der Waals surface area (Å²) in [4.78, 5) is 0. The predicted molar refractivity (Wildman–Crippen MR) is 64.6 cm³/mol. The fraction of sp³-hybridized carbons (Fsp3) is 0.538. The Morgan fingerprint density at radius 1 is 1.00 bits per heavy atom. The highest BCUT2D eigenvalue weighted by Gasteiger charge is 2.12. The Labute approximate surface area is 92.6 Å². The third kappa shape index (κ3) is 8.16. The molecule has 0 spiro atoms. The minimum atomic E-state index is -0.674. The fourth-order valence-corrected chi connectivity index (χ4v) is 1.14. The second-order valence-corrected chi connectivity index (χ2v) is 3.48. The van der Waals surface area contributed by atoms with Crippen molar-refractivity contribution in [1.29, 1.82) is 0 Å². The molecule has 2 atom stereocenters. The van der Waals surface area contributed by atoms with Crippen LogP contribution < -0.4 is 0 Å². The van der Waals surface area contributed by atoms with Crippen molar-refractivity contribution in [1.82, 2.24) is 0 Å².